The van der Waals surface area contributed by atoms with Gasteiger partial charge in [0, 0.05) is 17.7 Å². The number of hydrogen-bond donors (Lipinski definition) is 2. The zero-order chi connectivity index (χ0) is 12.3. The molecule has 0 aliphatic carbocycles. The zero-order valence-corrected chi connectivity index (χ0v) is 10.7. The van der Waals surface area contributed by atoms with Crippen LogP contribution in [-0.2, 0) is 0 Å². The maximum absolute atomic E-state index is 11.9. The zero-order valence-electron chi connectivity index (χ0n) is 9.90. The minimum absolute atomic E-state index is 0.0877. The van der Waals surface area contributed by atoms with Gasteiger partial charge in [-0.15, -0.1) is 0 Å². The van der Waals surface area contributed by atoms with Crippen LogP contribution in [0.1, 0.15) is 22.3 Å². The Morgan fingerprint density at radius 2 is 2.41 bits per heavy atom. The number of nitrogens with one attached hydrogen (secondary N) is 1. The van der Waals surface area contributed by atoms with Crippen molar-refractivity contribution >= 4 is 17.7 Å². The first-order chi connectivity index (χ1) is 8.18. The van der Waals surface area contributed by atoms with Gasteiger partial charge in [0.05, 0.1) is 0 Å². The van der Waals surface area contributed by atoms with Crippen molar-refractivity contribution in [3.63, 3.8) is 0 Å². The van der Waals surface area contributed by atoms with Crippen LogP contribution in [-0.4, -0.2) is 29.1 Å². The second-order valence-electron chi connectivity index (χ2n) is 4.39. The Kier molecular flexibility index (Phi) is 3.94. The number of aromatic hydroxyl groups is 1. The summed E-state index contributed by atoms with van der Waals surface area (Å²) in [4.78, 5) is 11.9. The molecule has 0 saturated carbocycles. The number of carbonyl (C=O) groups excluding carboxylic acids is 1. The van der Waals surface area contributed by atoms with Crippen LogP contribution in [0.4, 0.5) is 0 Å². The molecule has 4 heteroatoms. The van der Waals surface area contributed by atoms with Gasteiger partial charge in [-0.3, -0.25) is 4.79 Å². The third-order valence-electron chi connectivity index (χ3n) is 3.13. The summed E-state index contributed by atoms with van der Waals surface area (Å²) in [6, 6.07) is 5.04. The third kappa shape index (κ3) is 2.94. The predicted octanol–water partition coefficient (Wildman–Crippen LogP) is 2.18. The molecule has 1 saturated heterocycles. The van der Waals surface area contributed by atoms with Gasteiger partial charge in [-0.2, -0.15) is 11.8 Å². The Balaban J connectivity index is 1.97. The number of carbonyl (C=O) groups is 1. The van der Waals surface area contributed by atoms with Gasteiger partial charge in [-0.1, -0.05) is 6.07 Å². The van der Waals surface area contributed by atoms with Gasteiger partial charge in [-0.25, -0.2) is 0 Å². The van der Waals surface area contributed by atoms with E-state index in [2.05, 4.69) is 5.32 Å². The molecule has 1 aliphatic heterocycles. The van der Waals surface area contributed by atoms with Crippen molar-refractivity contribution in [2.24, 2.45) is 5.92 Å². The fraction of sp³-hybridized carbons (Fsp3) is 0.462. The van der Waals surface area contributed by atoms with E-state index in [-0.39, 0.29) is 11.7 Å². The molecule has 1 atom stereocenters. The number of hydrogen-bond acceptors (Lipinski definition) is 3. The van der Waals surface area contributed by atoms with E-state index in [0.717, 1.165) is 12.3 Å². The van der Waals surface area contributed by atoms with Crippen molar-refractivity contribution in [3.05, 3.63) is 29.3 Å². The third-order valence-corrected chi connectivity index (χ3v) is 4.36. The van der Waals surface area contributed by atoms with E-state index >= 15 is 0 Å². The van der Waals surface area contributed by atoms with Crippen molar-refractivity contribution in [2.75, 3.05) is 18.1 Å². The van der Waals surface area contributed by atoms with Crippen LogP contribution in [0.25, 0.3) is 0 Å². The highest BCUT2D eigenvalue weighted by Crippen LogP contribution is 2.23. The number of phenolic OH excluding ortho intramolecular Hbond substituents is 1. The smallest absolute Gasteiger partial charge is 0.251 e. The Bertz CT molecular complexity index is 414. The SMILES string of the molecule is Cc1c(O)cccc1C(=O)NCC1CCSC1. The van der Waals surface area contributed by atoms with E-state index in [9.17, 15) is 9.90 Å². The molecule has 0 bridgehead atoms. The summed E-state index contributed by atoms with van der Waals surface area (Å²) in [5.74, 6) is 3.02. The molecule has 0 aromatic heterocycles. The fourth-order valence-electron chi connectivity index (χ4n) is 1.95. The van der Waals surface area contributed by atoms with Crippen molar-refractivity contribution in [1.29, 1.82) is 0 Å². The van der Waals surface area contributed by atoms with Crippen molar-refractivity contribution in [2.45, 2.75) is 13.3 Å². The van der Waals surface area contributed by atoms with Gasteiger partial charge in [0.15, 0.2) is 0 Å². The van der Waals surface area contributed by atoms with E-state index in [1.165, 1.54) is 12.2 Å². The Hall–Kier alpha value is -1.16. The maximum atomic E-state index is 11.9. The molecule has 0 radical (unpaired) electrons. The van der Waals surface area contributed by atoms with Gasteiger partial charge < -0.3 is 10.4 Å². The van der Waals surface area contributed by atoms with E-state index < -0.39 is 0 Å². The highest BCUT2D eigenvalue weighted by molar-refractivity contribution is 7.99. The first-order valence-corrected chi connectivity index (χ1v) is 6.98. The topological polar surface area (TPSA) is 49.3 Å². The van der Waals surface area contributed by atoms with Crippen LogP contribution in [0.5, 0.6) is 5.75 Å². The standard InChI is InChI=1S/C13H17NO2S/c1-9-11(3-2-4-12(9)15)13(16)14-7-10-5-6-17-8-10/h2-4,10,15H,5-8H2,1H3,(H,14,16). The molecule has 2 rings (SSSR count). The molecule has 1 fully saturated rings. The molecular formula is C13H17NO2S. The summed E-state index contributed by atoms with van der Waals surface area (Å²) in [6.45, 7) is 2.50. The van der Waals surface area contributed by atoms with Gasteiger partial charge in [-0.05, 0) is 42.9 Å². The average molecular weight is 251 g/mol. The highest BCUT2D eigenvalue weighted by Gasteiger charge is 2.17. The van der Waals surface area contributed by atoms with Crippen LogP contribution in [0, 0.1) is 12.8 Å². The summed E-state index contributed by atoms with van der Waals surface area (Å²) in [5.41, 5.74) is 1.21. The number of thioether (sulfide) groups is 1. The molecule has 3 nitrogen and oxygen atoms in total. The lowest BCUT2D eigenvalue weighted by Crippen LogP contribution is -2.29. The summed E-state index contributed by atoms with van der Waals surface area (Å²) >= 11 is 1.94. The average Bonchev–Trinajstić information content (AvgIpc) is 2.82. The number of amides is 1. The quantitative estimate of drug-likeness (QED) is 0.865. The van der Waals surface area contributed by atoms with Gasteiger partial charge in [0.25, 0.3) is 5.91 Å². The lowest BCUT2D eigenvalue weighted by molar-refractivity contribution is 0.0947. The summed E-state index contributed by atoms with van der Waals surface area (Å²) in [5, 5.41) is 12.5. The Morgan fingerprint density at radius 3 is 3.12 bits per heavy atom. The molecule has 1 aliphatic rings. The first-order valence-electron chi connectivity index (χ1n) is 5.83. The minimum atomic E-state index is -0.0877. The number of rotatable bonds is 3. The molecule has 1 unspecified atom stereocenters. The van der Waals surface area contributed by atoms with Crippen molar-refractivity contribution in [3.8, 4) is 5.75 Å². The molecule has 92 valence electrons. The van der Waals surface area contributed by atoms with Crippen molar-refractivity contribution < 1.29 is 9.90 Å². The molecule has 1 amide bonds. The predicted molar refractivity (Wildman–Crippen MR) is 70.6 cm³/mol. The number of benzene rings is 1. The molecule has 17 heavy (non-hydrogen) atoms. The number of phenols is 1. The summed E-state index contributed by atoms with van der Waals surface area (Å²) in [7, 11) is 0. The molecular weight excluding hydrogens is 234 g/mol. The van der Waals surface area contributed by atoms with Crippen LogP contribution in [0.15, 0.2) is 18.2 Å². The minimum Gasteiger partial charge on any atom is -0.508 e. The Labute approximate surface area is 106 Å². The van der Waals surface area contributed by atoms with E-state index in [1.54, 1.807) is 25.1 Å². The van der Waals surface area contributed by atoms with Gasteiger partial charge in [0.2, 0.25) is 0 Å². The molecule has 1 aromatic rings. The van der Waals surface area contributed by atoms with Crippen LogP contribution in [0.2, 0.25) is 0 Å². The monoisotopic (exact) mass is 251 g/mol. The summed E-state index contributed by atoms with van der Waals surface area (Å²) < 4.78 is 0. The van der Waals surface area contributed by atoms with Crippen molar-refractivity contribution in [1.82, 2.24) is 5.32 Å². The van der Waals surface area contributed by atoms with Crippen LogP contribution >= 0.6 is 11.8 Å². The fourth-order valence-corrected chi connectivity index (χ4v) is 3.23. The lowest BCUT2D eigenvalue weighted by Gasteiger charge is -2.11. The van der Waals surface area contributed by atoms with E-state index in [4.69, 9.17) is 0 Å². The lowest BCUT2D eigenvalue weighted by atomic mass is 10.1. The van der Waals surface area contributed by atoms with E-state index in [1.807, 2.05) is 11.8 Å². The Morgan fingerprint density at radius 1 is 1.59 bits per heavy atom. The van der Waals surface area contributed by atoms with Gasteiger partial charge in [0.1, 0.15) is 5.75 Å². The second kappa shape index (κ2) is 5.45. The second-order valence-corrected chi connectivity index (χ2v) is 5.54. The van der Waals surface area contributed by atoms with Crippen LogP contribution < -0.4 is 5.32 Å². The molecule has 0 spiro atoms. The van der Waals surface area contributed by atoms with Crippen LogP contribution in [0.3, 0.4) is 0 Å². The normalized spacial score (nSPS) is 19.2. The summed E-state index contributed by atoms with van der Waals surface area (Å²) in [6.07, 6.45) is 1.18. The molecule has 1 aromatic carbocycles. The largest absolute Gasteiger partial charge is 0.508 e. The molecule has 1 heterocycles. The van der Waals surface area contributed by atoms with Gasteiger partial charge >= 0.3 is 0 Å². The first kappa shape index (κ1) is 12.3. The van der Waals surface area contributed by atoms with E-state index in [0.29, 0.717) is 17.0 Å². The maximum Gasteiger partial charge on any atom is 0.251 e. The molecule has 2 N–H and O–H groups in total. The highest BCUT2D eigenvalue weighted by atomic mass is 32.2.